The van der Waals surface area contributed by atoms with Crippen molar-refractivity contribution in [1.29, 1.82) is 0 Å². The predicted octanol–water partition coefficient (Wildman–Crippen LogP) is 2.44. The van der Waals surface area contributed by atoms with E-state index in [0.29, 0.717) is 12.2 Å². The van der Waals surface area contributed by atoms with Gasteiger partial charge < -0.3 is 20.2 Å². The Labute approximate surface area is 124 Å². The van der Waals surface area contributed by atoms with Gasteiger partial charge in [-0.05, 0) is 31.0 Å². The molecule has 112 valence electrons. The third-order valence-corrected chi connectivity index (χ3v) is 3.18. The van der Waals surface area contributed by atoms with Gasteiger partial charge in [-0.1, -0.05) is 30.3 Å². The normalized spacial score (nSPS) is 13.4. The standard InChI is InChI=1S/C16H20N2O3/c1-12(9-10-19)17-16(20)18-15(14-8-5-11-21-14)13-6-3-2-4-7-13/h2-8,11-12,15,19H,9-10H2,1H3,(H2,17,18,20)/t12-,15?/m1/s1. The highest BCUT2D eigenvalue weighted by atomic mass is 16.3. The molecule has 1 aromatic heterocycles. The quantitative estimate of drug-likeness (QED) is 0.764. The van der Waals surface area contributed by atoms with Gasteiger partial charge in [0, 0.05) is 12.6 Å². The van der Waals surface area contributed by atoms with Gasteiger partial charge in [0.1, 0.15) is 11.8 Å². The summed E-state index contributed by atoms with van der Waals surface area (Å²) in [5.74, 6) is 0.672. The lowest BCUT2D eigenvalue weighted by molar-refractivity contribution is 0.227. The Morgan fingerprint density at radius 2 is 1.95 bits per heavy atom. The average molecular weight is 288 g/mol. The fraction of sp³-hybridized carbons (Fsp3) is 0.312. The highest BCUT2D eigenvalue weighted by molar-refractivity contribution is 5.75. The van der Waals surface area contributed by atoms with Crippen LogP contribution in [-0.4, -0.2) is 23.8 Å². The molecule has 0 spiro atoms. The van der Waals surface area contributed by atoms with E-state index in [9.17, 15) is 4.79 Å². The van der Waals surface area contributed by atoms with Crippen molar-refractivity contribution in [3.8, 4) is 0 Å². The molecule has 0 bridgehead atoms. The van der Waals surface area contributed by atoms with E-state index in [1.807, 2.05) is 43.3 Å². The number of furan rings is 1. The molecule has 2 aromatic rings. The number of carbonyl (C=O) groups excluding carboxylic acids is 1. The van der Waals surface area contributed by atoms with E-state index >= 15 is 0 Å². The number of amides is 2. The fourth-order valence-electron chi connectivity index (χ4n) is 2.08. The van der Waals surface area contributed by atoms with Crippen LogP contribution in [0.1, 0.15) is 30.7 Å². The smallest absolute Gasteiger partial charge is 0.315 e. The number of aliphatic hydroxyl groups excluding tert-OH is 1. The predicted molar refractivity (Wildman–Crippen MR) is 79.8 cm³/mol. The average Bonchev–Trinajstić information content (AvgIpc) is 3.00. The Hall–Kier alpha value is -2.27. The van der Waals surface area contributed by atoms with E-state index in [2.05, 4.69) is 10.6 Å². The van der Waals surface area contributed by atoms with Gasteiger partial charge in [0.2, 0.25) is 0 Å². The maximum Gasteiger partial charge on any atom is 0.315 e. The first-order valence-corrected chi connectivity index (χ1v) is 6.97. The second kappa shape index (κ2) is 7.50. The van der Waals surface area contributed by atoms with Crippen LogP contribution in [0.15, 0.2) is 53.1 Å². The summed E-state index contributed by atoms with van der Waals surface area (Å²) in [6, 6.07) is 12.5. The van der Waals surface area contributed by atoms with Gasteiger partial charge in [-0.25, -0.2) is 4.79 Å². The Morgan fingerprint density at radius 3 is 2.57 bits per heavy atom. The van der Waals surface area contributed by atoms with Crippen molar-refractivity contribution in [2.75, 3.05) is 6.61 Å². The van der Waals surface area contributed by atoms with Crippen molar-refractivity contribution in [2.45, 2.75) is 25.4 Å². The van der Waals surface area contributed by atoms with Crippen molar-refractivity contribution in [3.63, 3.8) is 0 Å². The highest BCUT2D eigenvalue weighted by Gasteiger charge is 2.19. The lowest BCUT2D eigenvalue weighted by Crippen LogP contribution is -2.42. The van der Waals surface area contributed by atoms with E-state index in [0.717, 1.165) is 5.56 Å². The minimum Gasteiger partial charge on any atom is -0.467 e. The molecule has 1 unspecified atom stereocenters. The second-order valence-electron chi connectivity index (χ2n) is 4.89. The third-order valence-electron chi connectivity index (χ3n) is 3.18. The minimum atomic E-state index is -0.345. The van der Waals surface area contributed by atoms with Crippen LogP contribution in [0.3, 0.4) is 0 Å². The molecule has 1 aromatic carbocycles. The molecule has 0 fully saturated rings. The molecule has 5 nitrogen and oxygen atoms in total. The van der Waals surface area contributed by atoms with Crippen molar-refractivity contribution >= 4 is 6.03 Å². The van der Waals surface area contributed by atoms with Crippen LogP contribution in [0.5, 0.6) is 0 Å². The fourth-order valence-corrected chi connectivity index (χ4v) is 2.08. The van der Waals surface area contributed by atoms with Gasteiger partial charge in [-0.2, -0.15) is 0 Å². The summed E-state index contributed by atoms with van der Waals surface area (Å²) in [6.45, 7) is 1.89. The molecule has 2 rings (SSSR count). The van der Waals surface area contributed by atoms with Crippen LogP contribution in [0, 0.1) is 0 Å². The summed E-state index contributed by atoms with van der Waals surface area (Å²) in [7, 11) is 0. The number of aliphatic hydroxyl groups is 1. The number of hydrogen-bond acceptors (Lipinski definition) is 3. The molecule has 0 radical (unpaired) electrons. The van der Waals surface area contributed by atoms with E-state index in [1.165, 1.54) is 0 Å². The van der Waals surface area contributed by atoms with Crippen LogP contribution in [0.2, 0.25) is 0 Å². The SMILES string of the molecule is C[C@H](CCO)NC(=O)NC(c1ccccc1)c1ccco1. The first kappa shape index (κ1) is 15.1. The van der Waals surface area contributed by atoms with Crippen LogP contribution < -0.4 is 10.6 Å². The first-order chi connectivity index (χ1) is 10.2. The van der Waals surface area contributed by atoms with Gasteiger partial charge >= 0.3 is 6.03 Å². The summed E-state index contributed by atoms with van der Waals surface area (Å²) in [6.07, 6.45) is 2.10. The number of rotatable bonds is 6. The number of benzene rings is 1. The zero-order valence-corrected chi connectivity index (χ0v) is 12.0. The van der Waals surface area contributed by atoms with Crippen molar-refractivity contribution in [1.82, 2.24) is 10.6 Å². The monoisotopic (exact) mass is 288 g/mol. The molecule has 5 heteroatoms. The van der Waals surface area contributed by atoms with Crippen molar-refractivity contribution in [2.24, 2.45) is 0 Å². The number of hydrogen-bond donors (Lipinski definition) is 3. The van der Waals surface area contributed by atoms with Gasteiger partial charge in [-0.3, -0.25) is 0 Å². The maximum absolute atomic E-state index is 12.1. The van der Waals surface area contributed by atoms with Crippen LogP contribution in [-0.2, 0) is 0 Å². The third kappa shape index (κ3) is 4.36. The van der Waals surface area contributed by atoms with Gasteiger partial charge in [0.15, 0.2) is 0 Å². The van der Waals surface area contributed by atoms with Crippen LogP contribution in [0.25, 0.3) is 0 Å². The summed E-state index contributed by atoms with van der Waals surface area (Å²) in [5, 5.41) is 14.6. The topological polar surface area (TPSA) is 74.5 Å². The lowest BCUT2D eigenvalue weighted by atomic mass is 10.0. The molecule has 0 aliphatic carbocycles. The maximum atomic E-state index is 12.1. The van der Waals surface area contributed by atoms with Crippen molar-refractivity contribution in [3.05, 3.63) is 60.1 Å². The number of carbonyl (C=O) groups is 1. The molecule has 0 saturated heterocycles. The van der Waals surface area contributed by atoms with E-state index in [1.54, 1.807) is 12.3 Å². The summed E-state index contributed by atoms with van der Waals surface area (Å²) >= 11 is 0. The lowest BCUT2D eigenvalue weighted by Gasteiger charge is -2.19. The highest BCUT2D eigenvalue weighted by Crippen LogP contribution is 2.22. The molecule has 0 saturated carbocycles. The first-order valence-electron chi connectivity index (χ1n) is 6.97. The molecule has 2 amide bonds. The molecule has 0 aliphatic heterocycles. The van der Waals surface area contributed by atoms with Crippen LogP contribution >= 0.6 is 0 Å². The molecule has 1 heterocycles. The molecular weight excluding hydrogens is 268 g/mol. The van der Waals surface area contributed by atoms with Gasteiger partial charge in [0.05, 0.1) is 6.26 Å². The van der Waals surface area contributed by atoms with Crippen LogP contribution in [0.4, 0.5) is 4.79 Å². The molecule has 0 aliphatic rings. The molecule has 21 heavy (non-hydrogen) atoms. The molecular formula is C16H20N2O3. The van der Waals surface area contributed by atoms with E-state index in [-0.39, 0.29) is 24.7 Å². The van der Waals surface area contributed by atoms with Crippen molar-refractivity contribution < 1.29 is 14.3 Å². The van der Waals surface area contributed by atoms with E-state index < -0.39 is 0 Å². The zero-order valence-electron chi connectivity index (χ0n) is 12.0. The summed E-state index contributed by atoms with van der Waals surface area (Å²) in [4.78, 5) is 12.1. The largest absolute Gasteiger partial charge is 0.467 e. The number of urea groups is 1. The zero-order chi connectivity index (χ0) is 15.1. The van der Waals surface area contributed by atoms with Gasteiger partial charge in [0.25, 0.3) is 0 Å². The number of nitrogens with one attached hydrogen (secondary N) is 2. The Bertz CT molecular complexity index is 540. The Kier molecular flexibility index (Phi) is 5.40. The molecule has 3 N–H and O–H groups in total. The second-order valence-corrected chi connectivity index (χ2v) is 4.89. The minimum absolute atomic E-state index is 0.0434. The Morgan fingerprint density at radius 1 is 1.19 bits per heavy atom. The van der Waals surface area contributed by atoms with E-state index in [4.69, 9.17) is 9.52 Å². The summed E-state index contributed by atoms with van der Waals surface area (Å²) in [5.41, 5.74) is 0.942. The summed E-state index contributed by atoms with van der Waals surface area (Å²) < 4.78 is 5.42. The molecule has 2 atom stereocenters. The Balaban J connectivity index is 2.09. The van der Waals surface area contributed by atoms with Gasteiger partial charge in [-0.15, -0.1) is 0 Å².